The number of hydrogen-bond donors (Lipinski definition) is 1. The van der Waals surface area contributed by atoms with Gasteiger partial charge >= 0.3 is 0 Å². The van der Waals surface area contributed by atoms with Gasteiger partial charge in [0.25, 0.3) is 0 Å². The summed E-state index contributed by atoms with van der Waals surface area (Å²) in [5, 5.41) is 14.7. The summed E-state index contributed by atoms with van der Waals surface area (Å²) >= 11 is 12.4. The summed E-state index contributed by atoms with van der Waals surface area (Å²) in [7, 11) is 1.93. The highest BCUT2D eigenvalue weighted by Gasteiger charge is 2.16. The first-order valence-electron chi connectivity index (χ1n) is 6.32. The van der Waals surface area contributed by atoms with Gasteiger partial charge in [0.2, 0.25) is 0 Å². The summed E-state index contributed by atoms with van der Waals surface area (Å²) in [6.45, 7) is 3.29. The Morgan fingerprint density at radius 2 is 2.10 bits per heavy atom. The van der Waals surface area contributed by atoms with E-state index in [4.69, 9.17) is 28.3 Å². The first kappa shape index (κ1) is 15.3. The maximum Gasteiger partial charge on any atom is 0.137 e. The SMILES string of the molecule is Cc1nn(-c2cccc(Cl)c2)c(Cl)c1CN(C)CCO. The summed E-state index contributed by atoms with van der Waals surface area (Å²) in [5.41, 5.74) is 2.67. The zero-order valence-electron chi connectivity index (χ0n) is 11.5. The number of halogens is 2. The molecule has 0 aliphatic heterocycles. The van der Waals surface area contributed by atoms with Crippen LogP contribution in [0.4, 0.5) is 0 Å². The Bertz CT molecular complexity index is 598. The minimum Gasteiger partial charge on any atom is -0.395 e. The number of benzene rings is 1. The number of aromatic nitrogens is 2. The van der Waals surface area contributed by atoms with Crippen LogP contribution < -0.4 is 0 Å². The predicted octanol–water partition coefficient (Wildman–Crippen LogP) is 2.91. The highest BCUT2D eigenvalue weighted by molar-refractivity contribution is 6.31. The molecule has 1 N–H and O–H groups in total. The molecule has 4 nitrogen and oxygen atoms in total. The second kappa shape index (κ2) is 6.59. The maximum absolute atomic E-state index is 8.96. The molecule has 0 saturated heterocycles. The highest BCUT2D eigenvalue weighted by atomic mass is 35.5. The van der Waals surface area contributed by atoms with Gasteiger partial charge in [0.1, 0.15) is 5.15 Å². The van der Waals surface area contributed by atoms with Crippen molar-refractivity contribution in [3.05, 3.63) is 45.7 Å². The van der Waals surface area contributed by atoms with Crippen LogP contribution in [0.5, 0.6) is 0 Å². The van der Waals surface area contributed by atoms with E-state index in [1.165, 1.54) is 0 Å². The standard InChI is InChI=1S/C14H17Cl2N3O/c1-10-13(9-18(2)6-7-20)14(16)19(17-10)12-5-3-4-11(15)8-12/h3-5,8,20H,6-7,9H2,1-2H3. The molecule has 108 valence electrons. The van der Waals surface area contributed by atoms with Crippen molar-refractivity contribution in [1.29, 1.82) is 0 Å². The van der Waals surface area contributed by atoms with Crippen molar-refractivity contribution in [3.8, 4) is 5.69 Å². The second-order valence-electron chi connectivity index (χ2n) is 4.71. The Hall–Kier alpha value is -1.07. The lowest BCUT2D eigenvalue weighted by Gasteiger charge is -2.14. The summed E-state index contributed by atoms with van der Waals surface area (Å²) in [5.74, 6) is 0. The predicted molar refractivity (Wildman–Crippen MR) is 81.7 cm³/mol. The Kier molecular flexibility index (Phi) is 5.05. The van der Waals surface area contributed by atoms with Gasteiger partial charge in [-0.2, -0.15) is 5.10 Å². The van der Waals surface area contributed by atoms with Crippen molar-refractivity contribution >= 4 is 23.2 Å². The summed E-state index contributed by atoms with van der Waals surface area (Å²) in [6.07, 6.45) is 0. The van der Waals surface area contributed by atoms with Crippen molar-refractivity contribution in [2.24, 2.45) is 0 Å². The number of hydrogen-bond acceptors (Lipinski definition) is 3. The van der Waals surface area contributed by atoms with E-state index in [1.54, 1.807) is 4.68 Å². The van der Waals surface area contributed by atoms with E-state index >= 15 is 0 Å². The van der Waals surface area contributed by atoms with Crippen LogP contribution in [0.1, 0.15) is 11.3 Å². The van der Waals surface area contributed by atoms with Gasteiger partial charge in [-0.25, -0.2) is 4.68 Å². The molecule has 0 spiro atoms. The normalized spacial score (nSPS) is 11.3. The molecule has 0 saturated carbocycles. The minimum atomic E-state index is 0.121. The van der Waals surface area contributed by atoms with E-state index in [-0.39, 0.29) is 6.61 Å². The van der Waals surface area contributed by atoms with E-state index in [1.807, 2.05) is 43.1 Å². The smallest absolute Gasteiger partial charge is 0.137 e. The Morgan fingerprint density at radius 1 is 1.35 bits per heavy atom. The summed E-state index contributed by atoms with van der Waals surface area (Å²) in [4.78, 5) is 2.00. The van der Waals surface area contributed by atoms with E-state index in [9.17, 15) is 0 Å². The molecule has 0 aliphatic rings. The summed E-state index contributed by atoms with van der Waals surface area (Å²) < 4.78 is 1.69. The third kappa shape index (κ3) is 3.33. The Balaban J connectivity index is 2.33. The number of aliphatic hydroxyl groups is 1. The van der Waals surface area contributed by atoms with Gasteiger partial charge in [0.05, 0.1) is 18.0 Å². The first-order chi connectivity index (χ1) is 9.52. The number of likely N-dealkylation sites (N-methyl/N-ethyl adjacent to an activating group) is 1. The Labute approximate surface area is 128 Å². The molecule has 1 aromatic carbocycles. The molecular formula is C14H17Cl2N3O. The second-order valence-corrected chi connectivity index (χ2v) is 5.50. The van der Waals surface area contributed by atoms with Crippen LogP contribution in [0.2, 0.25) is 10.2 Å². The van der Waals surface area contributed by atoms with Gasteiger partial charge in [-0.05, 0) is 32.2 Å². The van der Waals surface area contributed by atoms with E-state index in [2.05, 4.69) is 5.10 Å². The number of aryl methyl sites for hydroxylation is 1. The lowest BCUT2D eigenvalue weighted by Crippen LogP contribution is -2.21. The van der Waals surface area contributed by atoms with Gasteiger partial charge < -0.3 is 5.11 Å². The zero-order valence-corrected chi connectivity index (χ0v) is 13.0. The third-order valence-electron chi connectivity index (χ3n) is 3.08. The third-order valence-corrected chi connectivity index (χ3v) is 3.71. The quantitative estimate of drug-likeness (QED) is 0.922. The molecule has 1 aromatic heterocycles. The molecule has 20 heavy (non-hydrogen) atoms. The Morgan fingerprint density at radius 3 is 2.75 bits per heavy atom. The average molecular weight is 314 g/mol. The molecule has 0 unspecified atom stereocenters. The minimum absolute atomic E-state index is 0.121. The van der Waals surface area contributed by atoms with E-state index < -0.39 is 0 Å². The largest absolute Gasteiger partial charge is 0.395 e. The van der Waals surface area contributed by atoms with E-state index in [0.29, 0.717) is 23.3 Å². The molecule has 0 bridgehead atoms. The van der Waals surface area contributed by atoms with Crippen LogP contribution in [0.3, 0.4) is 0 Å². The fraction of sp³-hybridized carbons (Fsp3) is 0.357. The molecular weight excluding hydrogens is 297 g/mol. The molecule has 2 aromatic rings. The molecule has 1 heterocycles. The lowest BCUT2D eigenvalue weighted by atomic mass is 10.2. The molecule has 0 radical (unpaired) electrons. The van der Waals surface area contributed by atoms with Crippen molar-refractivity contribution in [1.82, 2.24) is 14.7 Å². The van der Waals surface area contributed by atoms with Crippen LogP contribution in [0, 0.1) is 6.92 Å². The topological polar surface area (TPSA) is 41.3 Å². The zero-order chi connectivity index (χ0) is 14.7. The van der Waals surface area contributed by atoms with Crippen LogP contribution in [0.15, 0.2) is 24.3 Å². The number of rotatable bonds is 5. The van der Waals surface area contributed by atoms with Crippen LogP contribution in [-0.2, 0) is 6.54 Å². The lowest BCUT2D eigenvalue weighted by molar-refractivity contribution is 0.217. The molecule has 0 fully saturated rings. The number of nitrogens with zero attached hydrogens (tertiary/aromatic N) is 3. The first-order valence-corrected chi connectivity index (χ1v) is 7.08. The van der Waals surface area contributed by atoms with Crippen molar-refractivity contribution in [2.75, 3.05) is 20.2 Å². The van der Waals surface area contributed by atoms with Crippen molar-refractivity contribution < 1.29 is 5.11 Å². The van der Waals surface area contributed by atoms with Crippen LogP contribution >= 0.6 is 23.2 Å². The van der Waals surface area contributed by atoms with Crippen molar-refractivity contribution in [3.63, 3.8) is 0 Å². The molecule has 2 rings (SSSR count). The van der Waals surface area contributed by atoms with Crippen LogP contribution in [0.25, 0.3) is 5.69 Å². The van der Waals surface area contributed by atoms with Gasteiger partial charge in [0.15, 0.2) is 0 Å². The average Bonchev–Trinajstić information content (AvgIpc) is 2.67. The van der Waals surface area contributed by atoms with Gasteiger partial charge in [0, 0.05) is 23.7 Å². The molecule has 0 atom stereocenters. The molecule has 6 heteroatoms. The van der Waals surface area contributed by atoms with Gasteiger partial charge in [-0.15, -0.1) is 0 Å². The molecule has 0 aliphatic carbocycles. The van der Waals surface area contributed by atoms with E-state index in [0.717, 1.165) is 16.9 Å². The maximum atomic E-state index is 8.96. The highest BCUT2D eigenvalue weighted by Crippen LogP contribution is 2.25. The summed E-state index contributed by atoms with van der Waals surface area (Å²) in [6, 6.07) is 7.40. The fourth-order valence-electron chi connectivity index (χ4n) is 2.01. The number of aliphatic hydroxyl groups excluding tert-OH is 1. The van der Waals surface area contributed by atoms with Crippen LogP contribution in [-0.4, -0.2) is 40.0 Å². The van der Waals surface area contributed by atoms with Crippen molar-refractivity contribution in [2.45, 2.75) is 13.5 Å². The van der Waals surface area contributed by atoms with Gasteiger partial charge in [-0.1, -0.05) is 29.3 Å². The molecule has 0 amide bonds. The van der Waals surface area contributed by atoms with Gasteiger partial charge in [-0.3, -0.25) is 4.90 Å². The monoisotopic (exact) mass is 313 g/mol. The fourth-order valence-corrected chi connectivity index (χ4v) is 2.53.